The van der Waals surface area contributed by atoms with Crippen LogP contribution in [0.25, 0.3) is 10.9 Å². The number of aromatic nitrogens is 1. The van der Waals surface area contributed by atoms with Crippen LogP contribution in [-0.2, 0) is 9.53 Å². The molecule has 1 saturated heterocycles. The van der Waals surface area contributed by atoms with E-state index in [1.54, 1.807) is 24.1 Å². The third-order valence-electron chi connectivity index (χ3n) is 5.23. The van der Waals surface area contributed by atoms with Crippen molar-refractivity contribution >= 4 is 28.5 Å². The van der Waals surface area contributed by atoms with E-state index >= 15 is 0 Å². The number of quaternary nitrogens is 2. The summed E-state index contributed by atoms with van der Waals surface area (Å²) in [5.74, 6) is 0.0403. The molecule has 0 spiro atoms. The fourth-order valence-corrected chi connectivity index (χ4v) is 3.59. The van der Waals surface area contributed by atoms with Crippen LogP contribution in [0.15, 0.2) is 18.2 Å². The van der Waals surface area contributed by atoms with E-state index in [4.69, 9.17) is 9.47 Å². The Morgan fingerprint density at radius 3 is 2.48 bits per heavy atom. The lowest BCUT2D eigenvalue weighted by molar-refractivity contribution is -1.01. The molecule has 0 saturated carbocycles. The van der Waals surface area contributed by atoms with Gasteiger partial charge in [0.2, 0.25) is 0 Å². The SMILES string of the molecule is CC[NH+]1CC[NH+](CC(=O)Nc2c(C(=O)OC)[nH]c3cc(OC)ccc23)CC1. The number of aromatic amines is 1. The van der Waals surface area contributed by atoms with Gasteiger partial charge in [0.25, 0.3) is 5.91 Å². The van der Waals surface area contributed by atoms with E-state index in [1.165, 1.54) is 12.0 Å². The summed E-state index contributed by atoms with van der Waals surface area (Å²) in [6.45, 7) is 7.82. The number of carbonyl (C=O) groups is 2. The molecular weight excluding hydrogens is 348 g/mol. The molecule has 2 heterocycles. The summed E-state index contributed by atoms with van der Waals surface area (Å²) >= 11 is 0. The number of methoxy groups -OCH3 is 2. The number of esters is 1. The first kappa shape index (κ1) is 19.2. The van der Waals surface area contributed by atoms with Crippen molar-refractivity contribution in [3.63, 3.8) is 0 Å². The van der Waals surface area contributed by atoms with Crippen LogP contribution in [0, 0.1) is 0 Å². The molecule has 0 radical (unpaired) electrons. The van der Waals surface area contributed by atoms with E-state index in [2.05, 4.69) is 17.2 Å². The van der Waals surface area contributed by atoms with Gasteiger partial charge in [0, 0.05) is 11.5 Å². The summed E-state index contributed by atoms with van der Waals surface area (Å²) in [6.07, 6.45) is 0. The highest BCUT2D eigenvalue weighted by atomic mass is 16.5. The number of piperazine rings is 1. The quantitative estimate of drug-likeness (QED) is 0.472. The molecule has 2 aromatic rings. The molecule has 146 valence electrons. The van der Waals surface area contributed by atoms with Crippen LogP contribution in [0.2, 0.25) is 0 Å². The summed E-state index contributed by atoms with van der Waals surface area (Å²) in [5.41, 5.74) is 1.41. The van der Waals surface area contributed by atoms with Crippen LogP contribution in [0.3, 0.4) is 0 Å². The van der Waals surface area contributed by atoms with Crippen LogP contribution in [0.5, 0.6) is 5.75 Å². The monoisotopic (exact) mass is 376 g/mol. The molecule has 27 heavy (non-hydrogen) atoms. The largest absolute Gasteiger partial charge is 0.497 e. The van der Waals surface area contributed by atoms with E-state index in [1.807, 2.05) is 6.07 Å². The highest BCUT2D eigenvalue weighted by Crippen LogP contribution is 2.30. The normalized spacial score (nSPS) is 19.7. The number of hydrogen-bond donors (Lipinski definition) is 4. The van der Waals surface area contributed by atoms with Gasteiger partial charge in [0.1, 0.15) is 37.6 Å². The topological polar surface area (TPSA) is 89.3 Å². The number of carbonyl (C=O) groups excluding carboxylic acids is 2. The number of hydrogen-bond acceptors (Lipinski definition) is 4. The number of rotatable bonds is 6. The molecule has 3 rings (SSSR count). The number of likely N-dealkylation sites (N-methyl/N-ethyl adjacent to an activating group) is 1. The molecule has 1 aromatic carbocycles. The van der Waals surface area contributed by atoms with E-state index in [9.17, 15) is 9.59 Å². The van der Waals surface area contributed by atoms with Crippen molar-refractivity contribution in [1.82, 2.24) is 4.98 Å². The van der Waals surface area contributed by atoms with E-state index < -0.39 is 5.97 Å². The number of amides is 1. The van der Waals surface area contributed by atoms with Crippen LogP contribution < -0.4 is 19.9 Å². The Balaban J connectivity index is 1.78. The maximum Gasteiger partial charge on any atom is 0.356 e. The number of benzene rings is 1. The van der Waals surface area contributed by atoms with Gasteiger partial charge >= 0.3 is 5.97 Å². The second-order valence-corrected chi connectivity index (χ2v) is 6.86. The van der Waals surface area contributed by atoms with Crippen LogP contribution in [0.4, 0.5) is 5.69 Å². The molecule has 0 bridgehead atoms. The molecule has 1 amide bonds. The van der Waals surface area contributed by atoms with Crippen molar-refractivity contribution < 1.29 is 28.9 Å². The molecule has 0 unspecified atom stereocenters. The number of fused-ring (bicyclic) bond motifs is 1. The van der Waals surface area contributed by atoms with Crippen molar-refractivity contribution in [1.29, 1.82) is 0 Å². The number of anilines is 1. The lowest BCUT2D eigenvalue weighted by Gasteiger charge is -2.28. The Morgan fingerprint density at radius 1 is 1.15 bits per heavy atom. The Hall–Kier alpha value is -2.58. The first-order valence-electron chi connectivity index (χ1n) is 9.30. The van der Waals surface area contributed by atoms with Crippen LogP contribution in [-0.4, -0.2) is 70.3 Å². The zero-order chi connectivity index (χ0) is 19.4. The van der Waals surface area contributed by atoms with E-state index in [0.717, 1.165) is 38.1 Å². The van der Waals surface area contributed by atoms with Crippen molar-refractivity contribution in [2.75, 3.05) is 58.8 Å². The van der Waals surface area contributed by atoms with Crippen molar-refractivity contribution in [3.8, 4) is 5.75 Å². The van der Waals surface area contributed by atoms with Gasteiger partial charge in [0.05, 0.1) is 32.0 Å². The van der Waals surface area contributed by atoms with Gasteiger partial charge in [0.15, 0.2) is 6.54 Å². The minimum Gasteiger partial charge on any atom is -0.497 e. The maximum atomic E-state index is 12.6. The van der Waals surface area contributed by atoms with Gasteiger partial charge < -0.3 is 29.6 Å². The predicted octanol–water partition coefficient (Wildman–Crippen LogP) is -1.30. The zero-order valence-corrected chi connectivity index (χ0v) is 16.1. The zero-order valence-electron chi connectivity index (χ0n) is 16.1. The Labute approximate surface area is 158 Å². The number of nitrogens with one attached hydrogen (secondary N) is 4. The predicted molar refractivity (Wildman–Crippen MR) is 102 cm³/mol. The van der Waals surface area contributed by atoms with Crippen LogP contribution >= 0.6 is 0 Å². The molecule has 0 aliphatic carbocycles. The fraction of sp³-hybridized carbons (Fsp3) is 0.474. The molecular formula is C19H28N4O4+2. The third-order valence-corrected chi connectivity index (χ3v) is 5.23. The minimum absolute atomic E-state index is 0.105. The number of H-pyrrole nitrogens is 1. The fourth-order valence-electron chi connectivity index (χ4n) is 3.59. The lowest BCUT2D eigenvalue weighted by Crippen LogP contribution is -3.28. The Morgan fingerprint density at radius 2 is 1.85 bits per heavy atom. The lowest BCUT2D eigenvalue weighted by atomic mass is 10.2. The molecule has 4 N–H and O–H groups in total. The summed E-state index contributed by atoms with van der Waals surface area (Å²) in [5, 5.41) is 3.67. The molecule has 8 nitrogen and oxygen atoms in total. The second kappa shape index (κ2) is 8.41. The van der Waals surface area contributed by atoms with Crippen LogP contribution in [0.1, 0.15) is 17.4 Å². The number of ether oxygens (including phenoxy) is 2. The highest BCUT2D eigenvalue weighted by Gasteiger charge is 2.26. The van der Waals surface area contributed by atoms with Gasteiger partial charge in [-0.2, -0.15) is 0 Å². The molecule has 1 aliphatic rings. The Kier molecular flexibility index (Phi) is 5.98. The van der Waals surface area contributed by atoms with Gasteiger partial charge in [-0.25, -0.2) is 4.79 Å². The molecule has 8 heteroatoms. The summed E-state index contributed by atoms with van der Waals surface area (Å²) < 4.78 is 10.1. The van der Waals surface area contributed by atoms with Gasteiger partial charge in [-0.15, -0.1) is 0 Å². The molecule has 1 fully saturated rings. The van der Waals surface area contributed by atoms with Crippen molar-refractivity contribution in [3.05, 3.63) is 23.9 Å². The second-order valence-electron chi connectivity index (χ2n) is 6.86. The summed E-state index contributed by atoms with van der Waals surface area (Å²) in [4.78, 5) is 30.7. The maximum absolute atomic E-state index is 12.6. The van der Waals surface area contributed by atoms with Gasteiger partial charge in [-0.05, 0) is 19.1 Å². The van der Waals surface area contributed by atoms with E-state index in [-0.39, 0.29) is 11.6 Å². The average molecular weight is 376 g/mol. The summed E-state index contributed by atoms with van der Waals surface area (Å²) in [6, 6.07) is 5.41. The van der Waals surface area contributed by atoms with Gasteiger partial charge in [-0.3, -0.25) is 4.79 Å². The smallest absolute Gasteiger partial charge is 0.356 e. The van der Waals surface area contributed by atoms with Crippen molar-refractivity contribution in [2.24, 2.45) is 0 Å². The van der Waals surface area contributed by atoms with Crippen molar-refractivity contribution in [2.45, 2.75) is 6.92 Å². The third kappa shape index (κ3) is 4.23. The first-order valence-corrected chi connectivity index (χ1v) is 9.30. The first-order chi connectivity index (χ1) is 13.0. The highest BCUT2D eigenvalue weighted by molar-refractivity contribution is 6.11. The molecule has 0 atom stereocenters. The van der Waals surface area contributed by atoms with Gasteiger partial charge in [-0.1, -0.05) is 0 Å². The average Bonchev–Trinajstić information content (AvgIpc) is 3.05. The van der Waals surface area contributed by atoms with E-state index in [0.29, 0.717) is 23.5 Å². The standard InChI is InChI=1S/C19H26N4O4/c1-4-22-7-9-23(10-8-22)12-16(24)21-17-14-6-5-13(26-2)11-15(14)20-18(17)19(25)27-3/h5-6,11,20H,4,7-10,12H2,1-3H3,(H,21,24)/p+2. The Bertz CT molecular complexity index is 824. The molecule has 1 aliphatic heterocycles. The summed E-state index contributed by atoms with van der Waals surface area (Å²) in [7, 11) is 2.90. The molecule has 1 aromatic heterocycles. The minimum atomic E-state index is -0.520.